The molecule has 0 atom stereocenters. The minimum atomic E-state index is 0.281. The van der Waals surface area contributed by atoms with Gasteiger partial charge in [-0.15, -0.1) is 0 Å². The molecule has 2 N–H and O–H groups in total. The van der Waals surface area contributed by atoms with Crippen LogP contribution in [0.1, 0.15) is 0 Å². The summed E-state index contributed by atoms with van der Waals surface area (Å²) in [6.45, 7) is 0. The summed E-state index contributed by atoms with van der Waals surface area (Å²) in [7, 11) is 3.25. The predicted molar refractivity (Wildman–Crippen MR) is 68.5 cm³/mol. The summed E-state index contributed by atoms with van der Waals surface area (Å²) in [5.74, 6) is 1.47. The Balaban J connectivity index is 1.99. The molecular formula is C11H11N7O2. The molecule has 0 radical (unpaired) electrons. The first-order valence-electron chi connectivity index (χ1n) is 5.67. The van der Waals surface area contributed by atoms with Gasteiger partial charge in [0.1, 0.15) is 23.4 Å². The van der Waals surface area contributed by atoms with Gasteiger partial charge in [-0.05, 0) is 0 Å². The fraction of sp³-hybridized carbons (Fsp3) is 0.182. The van der Waals surface area contributed by atoms with Crippen LogP contribution in [0.15, 0.2) is 23.1 Å². The van der Waals surface area contributed by atoms with Gasteiger partial charge in [-0.25, -0.2) is 9.97 Å². The molecule has 20 heavy (non-hydrogen) atoms. The molecule has 0 amide bonds. The van der Waals surface area contributed by atoms with Gasteiger partial charge in [0.25, 0.3) is 5.89 Å². The number of anilines is 1. The quantitative estimate of drug-likeness (QED) is 0.733. The summed E-state index contributed by atoms with van der Waals surface area (Å²) in [5, 5.41) is 7.88. The van der Waals surface area contributed by atoms with Crippen molar-refractivity contribution in [2.75, 3.05) is 12.8 Å². The smallest absolute Gasteiger partial charge is 0.263 e. The number of nitrogens with zero attached hydrogens (tertiary/aromatic N) is 6. The van der Waals surface area contributed by atoms with Gasteiger partial charge in [0.05, 0.1) is 13.3 Å². The second-order valence-electron chi connectivity index (χ2n) is 3.94. The Morgan fingerprint density at radius 3 is 2.90 bits per heavy atom. The molecule has 0 saturated carbocycles. The minimum absolute atomic E-state index is 0.281. The number of aryl methyl sites for hydroxylation is 1. The van der Waals surface area contributed by atoms with Gasteiger partial charge in [0, 0.05) is 13.1 Å². The topological polar surface area (TPSA) is 118 Å². The molecule has 0 saturated heterocycles. The summed E-state index contributed by atoms with van der Waals surface area (Å²) in [6.07, 6.45) is 2.93. The van der Waals surface area contributed by atoms with E-state index >= 15 is 0 Å². The molecule has 0 bridgehead atoms. The van der Waals surface area contributed by atoms with Crippen LogP contribution >= 0.6 is 0 Å². The van der Waals surface area contributed by atoms with Crippen molar-refractivity contribution >= 4 is 5.82 Å². The number of rotatable bonds is 3. The highest BCUT2D eigenvalue weighted by Crippen LogP contribution is 2.25. The predicted octanol–water partition coefficient (Wildman–Crippen LogP) is 0.518. The molecule has 0 aliphatic carbocycles. The lowest BCUT2D eigenvalue weighted by Crippen LogP contribution is -1.98. The molecule has 102 valence electrons. The average molecular weight is 273 g/mol. The highest BCUT2D eigenvalue weighted by atomic mass is 16.5. The standard InChI is InChI=1S/C11H11N7O2/c1-18-9(12)6(4-15-18)11-16-10(17-20-11)7-3-8(19-2)14-5-13-7/h3-5H,12H2,1-2H3. The van der Waals surface area contributed by atoms with Crippen LogP contribution in [0.3, 0.4) is 0 Å². The van der Waals surface area contributed by atoms with Gasteiger partial charge in [-0.1, -0.05) is 5.16 Å². The first-order valence-corrected chi connectivity index (χ1v) is 5.67. The SMILES string of the molecule is COc1cc(-c2noc(-c3cnn(C)c3N)n2)ncn1. The number of hydrogen-bond acceptors (Lipinski definition) is 8. The molecule has 0 aliphatic heterocycles. The number of methoxy groups -OCH3 is 1. The van der Waals surface area contributed by atoms with Crippen molar-refractivity contribution in [1.82, 2.24) is 29.9 Å². The van der Waals surface area contributed by atoms with E-state index < -0.39 is 0 Å². The van der Waals surface area contributed by atoms with Crippen molar-refractivity contribution in [3.63, 3.8) is 0 Å². The maximum absolute atomic E-state index is 5.86. The first-order chi connectivity index (χ1) is 9.69. The van der Waals surface area contributed by atoms with Gasteiger partial charge in [0.15, 0.2) is 0 Å². The highest BCUT2D eigenvalue weighted by molar-refractivity contribution is 5.67. The monoisotopic (exact) mass is 273 g/mol. The molecule has 0 aromatic carbocycles. The maximum atomic E-state index is 5.86. The number of hydrogen-bond donors (Lipinski definition) is 1. The van der Waals surface area contributed by atoms with E-state index in [4.69, 9.17) is 15.0 Å². The molecule has 3 rings (SSSR count). The Kier molecular flexibility index (Phi) is 2.78. The maximum Gasteiger partial charge on any atom is 0.263 e. The summed E-state index contributed by atoms with van der Waals surface area (Å²) in [6, 6.07) is 1.61. The van der Waals surface area contributed by atoms with E-state index in [0.29, 0.717) is 28.8 Å². The summed E-state index contributed by atoms with van der Waals surface area (Å²) < 4.78 is 11.7. The van der Waals surface area contributed by atoms with Crippen LogP contribution < -0.4 is 10.5 Å². The third-order valence-corrected chi connectivity index (χ3v) is 2.72. The molecular weight excluding hydrogens is 262 g/mol. The van der Waals surface area contributed by atoms with Crippen LogP contribution in [0.4, 0.5) is 5.82 Å². The Bertz CT molecular complexity index is 749. The van der Waals surface area contributed by atoms with Crippen LogP contribution in [0, 0.1) is 0 Å². The van der Waals surface area contributed by atoms with E-state index in [2.05, 4.69) is 25.2 Å². The molecule has 9 heteroatoms. The molecule has 0 fully saturated rings. The zero-order valence-electron chi connectivity index (χ0n) is 10.8. The zero-order valence-corrected chi connectivity index (χ0v) is 10.8. The lowest BCUT2D eigenvalue weighted by atomic mass is 10.3. The molecule has 3 aromatic heterocycles. The fourth-order valence-corrected chi connectivity index (χ4v) is 1.62. The zero-order chi connectivity index (χ0) is 14.1. The van der Waals surface area contributed by atoms with Crippen molar-refractivity contribution < 1.29 is 9.26 Å². The highest BCUT2D eigenvalue weighted by Gasteiger charge is 2.16. The van der Waals surface area contributed by atoms with Crippen molar-refractivity contribution in [3.05, 3.63) is 18.6 Å². The minimum Gasteiger partial charge on any atom is -0.481 e. The third kappa shape index (κ3) is 1.94. The van der Waals surface area contributed by atoms with E-state index in [-0.39, 0.29) is 5.89 Å². The molecule has 0 spiro atoms. The summed E-state index contributed by atoms with van der Waals surface area (Å²) in [4.78, 5) is 12.2. The van der Waals surface area contributed by atoms with E-state index in [9.17, 15) is 0 Å². The molecule has 0 aliphatic rings. The molecule has 9 nitrogen and oxygen atoms in total. The first kappa shape index (κ1) is 12.1. The summed E-state index contributed by atoms with van der Waals surface area (Å²) >= 11 is 0. The van der Waals surface area contributed by atoms with Crippen molar-refractivity contribution in [1.29, 1.82) is 0 Å². The number of nitrogen functional groups attached to an aromatic ring is 1. The van der Waals surface area contributed by atoms with Gasteiger partial charge >= 0.3 is 0 Å². The Morgan fingerprint density at radius 1 is 1.35 bits per heavy atom. The van der Waals surface area contributed by atoms with E-state index in [0.717, 1.165) is 0 Å². The Labute approximate surface area is 113 Å². The van der Waals surface area contributed by atoms with Crippen molar-refractivity contribution in [2.24, 2.45) is 7.05 Å². The number of nitrogens with two attached hydrogens (primary N) is 1. The van der Waals surface area contributed by atoms with Crippen LogP contribution in [0.5, 0.6) is 5.88 Å². The van der Waals surface area contributed by atoms with Crippen LogP contribution in [-0.4, -0.2) is 37.0 Å². The average Bonchev–Trinajstić information content (AvgIpc) is 3.07. The normalized spacial score (nSPS) is 10.7. The van der Waals surface area contributed by atoms with Gasteiger partial charge in [0.2, 0.25) is 11.7 Å². The van der Waals surface area contributed by atoms with Crippen molar-refractivity contribution in [2.45, 2.75) is 0 Å². The Morgan fingerprint density at radius 2 is 2.20 bits per heavy atom. The third-order valence-electron chi connectivity index (χ3n) is 2.72. The molecule has 0 unspecified atom stereocenters. The van der Waals surface area contributed by atoms with Gasteiger partial charge in [-0.2, -0.15) is 10.1 Å². The fourth-order valence-electron chi connectivity index (χ4n) is 1.62. The summed E-state index contributed by atoms with van der Waals surface area (Å²) in [5.41, 5.74) is 6.93. The molecule has 3 aromatic rings. The number of aromatic nitrogens is 6. The largest absolute Gasteiger partial charge is 0.481 e. The van der Waals surface area contributed by atoms with Crippen LogP contribution in [0.2, 0.25) is 0 Å². The van der Waals surface area contributed by atoms with Gasteiger partial charge in [-0.3, -0.25) is 4.68 Å². The van der Waals surface area contributed by atoms with Crippen LogP contribution in [-0.2, 0) is 7.05 Å². The lowest BCUT2D eigenvalue weighted by molar-refractivity contribution is 0.397. The lowest BCUT2D eigenvalue weighted by Gasteiger charge is -1.97. The molecule has 3 heterocycles. The van der Waals surface area contributed by atoms with Gasteiger partial charge < -0.3 is 15.0 Å². The van der Waals surface area contributed by atoms with Crippen LogP contribution in [0.25, 0.3) is 23.0 Å². The second kappa shape index (κ2) is 4.61. The Hall–Kier alpha value is -2.97. The van der Waals surface area contributed by atoms with E-state index in [1.165, 1.54) is 18.1 Å². The number of ether oxygens (including phenoxy) is 1. The van der Waals surface area contributed by atoms with E-state index in [1.807, 2.05) is 0 Å². The van der Waals surface area contributed by atoms with Crippen molar-refractivity contribution in [3.8, 4) is 28.9 Å². The van der Waals surface area contributed by atoms with E-state index in [1.54, 1.807) is 19.3 Å². The second-order valence-corrected chi connectivity index (χ2v) is 3.94.